The number of aromatic nitrogens is 2. The molecule has 0 saturated heterocycles. The molecule has 0 radical (unpaired) electrons. The predicted molar refractivity (Wildman–Crippen MR) is 122 cm³/mol. The third-order valence-corrected chi connectivity index (χ3v) is 4.48. The van der Waals surface area contributed by atoms with E-state index in [1.165, 1.54) is 5.56 Å². The van der Waals surface area contributed by atoms with Gasteiger partial charge in [-0.2, -0.15) is 4.98 Å². The lowest BCUT2D eigenvalue weighted by molar-refractivity contribution is 0.254. The minimum absolute atomic E-state index is 0. The number of hydrogen-bond acceptors (Lipinski definition) is 6. The van der Waals surface area contributed by atoms with E-state index in [1.54, 1.807) is 7.05 Å². The zero-order valence-corrected chi connectivity index (χ0v) is 19.8. The summed E-state index contributed by atoms with van der Waals surface area (Å²) in [7, 11) is 1.76. The lowest BCUT2D eigenvalue weighted by Gasteiger charge is -2.15. The highest BCUT2D eigenvalue weighted by Gasteiger charge is 2.21. The van der Waals surface area contributed by atoms with Crippen LogP contribution in [0.3, 0.4) is 0 Å². The fourth-order valence-electron chi connectivity index (χ4n) is 3.20. The summed E-state index contributed by atoms with van der Waals surface area (Å²) in [6.45, 7) is 7.88. The quantitative estimate of drug-likeness (QED) is 0.242. The Balaban J connectivity index is 0.00000300. The van der Waals surface area contributed by atoms with Crippen molar-refractivity contribution in [2.24, 2.45) is 4.99 Å². The van der Waals surface area contributed by atoms with E-state index in [0.717, 1.165) is 48.8 Å². The van der Waals surface area contributed by atoms with Crippen molar-refractivity contribution in [1.82, 2.24) is 20.8 Å². The maximum atomic E-state index is 5.89. The van der Waals surface area contributed by atoms with Crippen LogP contribution in [-0.2, 0) is 19.4 Å². The molecule has 0 spiro atoms. The van der Waals surface area contributed by atoms with Crippen LogP contribution in [0.1, 0.15) is 43.1 Å². The van der Waals surface area contributed by atoms with Gasteiger partial charge in [0, 0.05) is 44.1 Å². The van der Waals surface area contributed by atoms with Gasteiger partial charge in [0.1, 0.15) is 17.6 Å². The van der Waals surface area contributed by atoms with Gasteiger partial charge < -0.3 is 24.6 Å². The van der Waals surface area contributed by atoms with E-state index in [9.17, 15) is 0 Å². The molecule has 0 aliphatic carbocycles. The molecule has 160 valence electrons. The zero-order valence-electron chi connectivity index (χ0n) is 17.4. The average molecular weight is 515 g/mol. The summed E-state index contributed by atoms with van der Waals surface area (Å²) < 4.78 is 16.8. The fourth-order valence-corrected chi connectivity index (χ4v) is 3.20. The molecule has 0 amide bonds. The molecule has 1 aromatic heterocycles. The fraction of sp³-hybridized carbons (Fsp3) is 0.550. The maximum absolute atomic E-state index is 5.89. The van der Waals surface area contributed by atoms with Crippen molar-refractivity contribution in [2.75, 3.05) is 20.2 Å². The third kappa shape index (κ3) is 6.48. The van der Waals surface area contributed by atoms with Crippen LogP contribution in [0.5, 0.6) is 11.5 Å². The number of ether oxygens (including phenoxy) is 2. The first-order valence-electron chi connectivity index (χ1n) is 9.78. The van der Waals surface area contributed by atoms with Gasteiger partial charge in [-0.05, 0) is 39.3 Å². The first kappa shape index (κ1) is 23.2. The van der Waals surface area contributed by atoms with Crippen molar-refractivity contribution in [3.63, 3.8) is 0 Å². The van der Waals surface area contributed by atoms with Crippen molar-refractivity contribution in [3.05, 3.63) is 35.0 Å². The van der Waals surface area contributed by atoms with E-state index in [1.807, 2.05) is 13.8 Å². The monoisotopic (exact) mass is 515 g/mol. The number of benzene rings is 1. The SMILES string of the molecule is CCOc1cc2c(cc1CNC(=NC)NCCCc1nc(C)no1)OC(C)C2.I. The number of fused-ring (bicyclic) bond motifs is 1. The van der Waals surface area contributed by atoms with Crippen molar-refractivity contribution in [1.29, 1.82) is 0 Å². The first-order valence-corrected chi connectivity index (χ1v) is 9.78. The molecule has 1 aliphatic heterocycles. The molecular weight excluding hydrogens is 485 g/mol. The summed E-state index contributed by atoms with van der Waals surface area (Å²) in [6, 6.07) is 4.17. The van der Waals surface area contributed by atoms with Gasteiger partial charge in [0.05, 0.1) is 6.61 Å². The summed E-state index contributed by atoms with van der Waals surface area (Å²) >= 11 is 0. The molecule has 0 bridgehead atoms. The summed E-state index contributed by atoms with van der Waals surface area (Å²) in [6.07, 6.45) is 2.74. The molecule has 8 nitrogen and oxygen atoms in total. The Morgan fingerprint density at radius 2 is 2.17 bits per heavy atom. The largest absolute Gasteiger partial charge is 0.494 e. The Morgan fingerprint density at radius 1 is 1.34 bits per heavy atom. The van der Waals surface area contributed by atoms with Crippen LogP contribution >= 0.6 is 24.0 Å². The molecule has 2 aromatic rings. The number of aryl methyl sites for hydroxylation is 2. The van der Waals surface area contributed by atoms with Crippen LogP contribution in [0.2, 0.25) is 0 Å². The second kappa shape index (κ2) is 11.2. The Hall–Kier alpha value is -2.04. The summed E-state index contributed by atoms with van der Waals surface area (Å²) in [4.78, 5) is 8.49. The van der Waals surface area contributed by atoms with E-state index in [0.29, 0.717) is 24.9 Å². The molecule has 1 aliphatic rings. The lowest BCUT2D eigenvalue weighted by atomic mass is 10.1. The molecule has 1 aromatic carbocycles. The smallest absolute Gasteiger partial charge is 0.226 e. The van der Waals surface area contributed by atoms with Crippen molar-refractivity contribution in [3.8, 4) is 11.5 Å². The highest BCUT2D eigenvalue weighted by atomic mass is 127. The minimum atomic E-state index is 0. The van der Waals surface area contributed by atoms with Crippen LogP contribution in [0.15, 0.2) is 21.6 Å². The number of hydrogen-bond donors (Lipinski definition) is 2. The Labute approximate surface area is 188 Å². The van der Waals surface area contributed by atoms with Crippen LogP contribution in [0, 0.1) is 6.92 Å². The van der Waals surface area contributed by atoms with Gasteiger partial charge in [-0.3, -0.25) is 4.99 Å². The number of rotatable bonds is 8. The van der Waals surface area contributed by atoms with Gasteiger partial charge in [-0.15, -0.1) is 24.0 Å². The van der Waals surface area contributed by atoms with Crippen molar-refractivity contribution < 1.29 is 14.0 Å². The van der Waals surface area contributed by atoms with Crippen molar-refractivity contribution in [2.45, 2.75) is 52.7 Å². The second-order valence-electron chi connectivity index (χ2n) is 6.82. The maximum Gasteiger partial charge on any atom is 0.226 e. The molecule has 0 fully saturated rings. The topological polar surface area (TPSA) is 93.8 Å². The van der Waals surface area contributed by atoms with E-state index < -0.39 is 0 Å². The third-order valence-electron chi connectivity index (χ3n) is 4.48. The highest BCUT2D eigenvalue weighted by Crippen LogP contribution is 2.35. The van der Waals surface area contributed by atoms with Gasteiger partial charge in [-0.25, -0.2) is 0 Å². The highest BCUT2D eigenvalue weighted by molar-refractivity contribution is 14.0. The standard InChI is InChI=1S/C20H29N5O3.HI/c1-5-26-17-10-15-9-13(2)27-18(15)11-16(17)12-23-20(21-4)22-8-6-7-19-24-14(3)25-28-19;/h10-11,13H,5-9,12H2,1-4H3,(H2,21,22,23);1H. The van der Waals surface area contributed by atoms with E-state index in [4.69, 9.17) is 14.0 Å². The summed E-state index contributed by atoms with van der Waals surface area (Å²) in [5.41, 5.74) is 2.26. The molecule has 1 atom stereocenters. The van der Waals surface area contributed by atoms with Gasteiger partial charge in [0.15, 0.2) is 11.8 Å². The van der Waals surface area contributed by atoms with Gasteiger partial charge in [-0.1, -0.05) is 5.16 Å². The molecular formula is C20H30IN5O3. The average Bonchev–Trinajstić information content (AvgIpc) is 3.25. The molecule has 2 N–H and O–H groups in total. The van der Waals surface area contributed by atoms with Crippen LogP contribution < -0.4 is 20.1 Å². The van der Waals surface area contributed by atoms with Gasteiger partial charge in [0.25, 0.3) is 0 Å². The number of aliphatic imine (C=N–C) groups is 1. The number of nitrogens with one attached hydrogen (secondary N) is 2. The summed E-state index contributed by atoms with van der Waals surface area (Å²) in [5, 5.41) is 10.4. The van der Waals surface area contributed by atoms with Crippen LogP contribution in [0.25, 0.3) is 0 Å². The summed E-state index contributed by atoms with van der Waals surface area (Å²) in [5.74, 6) is 3.91. The minimum Gasteiger partial charge on any atom is -0.494 e. The Bertz CT molecular complexity index is 824. The molecule has 1 unspecified atom stereocenters. The molecule has 0 saturated carbocycles. The number of guanidine groups is 1. The molecule has 29 heavy (non-hydrogen) atoms. The normalized spacial score (nSPS) is 15.3. The first-order chi connectivity index (χ1) is 13.6. The van der Waals surface area contributed by atoms with Crippen LogP contribution in [0.4, 0.5) is 0 Å². The molecule has 2 heterocycles. The number of nitrogens with zero attached hydrogens (tertiary/aromatic N) is 3. The predicted octanol–water partition coefficient (Wildman–Crippen LogP) is 3.02. The van der Waals surface area contributed by atoms with E-state index in [2.05, 4.69) is 44.8 Å². The van der Waals surface area contributed by atoms with Gasteiger partial charge >= 0.3 is 0 Å². The van der Waals surface area contributed by atoms with E-state index >= 15 is 0 Å². The molecule has 3 rings (SSSR count). The molecule has 9 heteroatoms. The van der Waals surface area contributed by atoms with Crippen LogP contribution in [-0.4, -0.2) is 42.4 Å². The number of halogens is 1. The Kier molecular flexibility index (Phi) is 8.99. The van der Waals surface area contributed by atoms with E-state index in [-0.39, 0.29) is 30.1 Å². The van der Waals surface area contributed by atoms with Gasteiger partial charge in [0.2, 0.25) is 5.89 Å². The Morgan fingerprint density at radius 3 is 2.86 bits per heavy atom. The van der Waals surface area contributed by atoms with Crippen molar-refractivity contribution >= 4 is 29.9 Å². The zero-order chi connectivity index (χ0) is 19.9. The second-order valence-corrected chi connectivity index (χ2v) is 6.82. The lowest BCUT2D eigenvalue weighted by Crippen LogP contribution is -2.37.